The van der Waals surface area contributed by atoms with Gasteiger partial charge < -0.3 is 10.2 Å². The number of aromatic hydroxyl groups is 1. The number of carboxylic acid groups (broad SMARTS) is 1. The van der Waals surface area contributed by atoms with E-state index in [4.69, 9.17) is 5.11 Å². The Bertz CT molecular complexity index is 608. The van der Waals surface area contributed by atoms with E-state index in [-0.39, 0.29) is 11.6 Å². The molecule has 0 spiro atoms. The molecule has 0 atom stereocenters. The molecule has 1 amide bonds. The van der Waals surface area contributed by atoms with Crippen molar-refractivity contribution in [1.82, 2.24) is 20.0 Å². The average Bonchev–Trinajstić information content (AvgIpc) is 2.64. The Kier molecular flexibility index (Phi) is 2.84. The normalized spacial score (nSPS) is 10.3. The lowest BCUT2D eigenvalue weighted by molar-refractivity contribution is 0.209. The van der Waals surface area contributed by atoms with E-state index in [1.54, 1.807) is 20.0 Å². The third kappa shape index (κ3) is 2.08. The fourth-order valence-electron chi connectivity index (χ4n) is 1.46. The van der Waals surface area contributed by atoms with Crippen molar-refractivity contribution in [3.8, 4) is 17.1 Å². The van der Waals surface area contributed by atoms with Gasteiger partial charge >= 0.3 is 6.09 Å². The van der Waals surface area contributed by atoms with Crippen molar-refractivity contribution in [2.45, 2.75) is 6.92 Å². The lowest BCUT2D eigenvalue weighted by Gasteiger charge is -2.04. The minimum absolute atomic E-state index is 0.0652. The molecule has 0 aliphatic carbocycles. The molecule has 2 aromatic rings. The molecule has 8 heteroatoms. The Balaban J connectivity index is 2.50. The van der Waals surface area contributed by atoms with E-state index in [9.17, 15) is 9.90 Å². The molecule has 3 N–H and O–H groups in total. The van der Waals surface area contributed by atoms with Crippen LogP contribution in [0.3, 0.4) is 0 Å². The first-order chi connectivity index (χ1) is 8.49. The van der Waals surface area contributed by atoms with Crippen molar-refractivity contribution < 1.29 is 15.0 Å². The molecule has 0 unspecified atom stereocenters. The van der Waals surface area contributed by atoms with Crippen LogP contribution >= 0.6 is 0 Å². The fraction of sp³-hybridized carbons (Fsp3) is 0.200. The lowest BCUT2D eigenvalue weighted by Crippen LogP contribution is -2.11. The summed E-state index contributed by atoms with van der Waals surface area (Å²) in [7, 11) is 1.56. The minimum atomic E-state index is -1.21. The molecule has 0 aromatic carbocycles. The Morgan fingerprint density at radius 1 is 1.44 bits per heavy atom. The van der Waals surface area contributed by atoms with Gasteiger partial charge in [-0.2, -0.15) is 0 Å². The molecular weight excluding hydrogens is 238 g/mol. The molecule has 0 saturated carbocycles. The molecule has 18 heavy (non-hydrogen) atoms. The number of nitrogens with zero attached hydrogens (tertiary/aromatic N) is 4. The molecule has 0 saturated heterocycles. The zero-order chi connectivity index (χ0) is 13.3. The lowest BCUT2D eigenvalue weighted by atomic mass is 10.2. The van der Waals surface area contributed by atoms with E-state index < -0.39 is 6.09 Å². The summed E-state index contributed by atoms with van der Waals surface area (Å²) in [5, 5.41) is 27.9. The quantitative estimate of drug-likeness (QED) is 0.731. The van der Waals surface area contributed by atoms with Crippen LogP contribution in [-0.4, -0.2) is 36.3 Å². The van der Waals surface area contributed by atoms with Gasteiger partial charge in [0, 0.05) is 7.05 Å². The smallest absolute Gasteiger partial charge is 0.410 e. The summed E-state index contributed by atoms with van der Waals surface area (Å²) < 4.78 is 1.30. The maximum atomic E-state index is 10.7. The number of pyridine rings is 1. The number of carbonyl (C=O) groups is 1. The first-order valence-electron chi connectivity index (χ1n) is 5.05. The molecule has 0 bridgehead atoms. The highest BCUT2D eigenvalue weighted by Crippen LogP contribution is 2.25. The van der Waals surface area contributed by atoms with Crippen molar-refractivity contribution >= 4 is 11.9 Å². The van der Waals surface area contributed by atoms with Gasteiger partial charge in [0.2, 0.25) is 0 Å². The maximum absolute atomic E-state index is 10.7. The average molecular weight is 249 g/mol. The van der Waals surface area contributed by atoms with Crippen molar-refractivity contribution in [3.63, 3.8) is 0 Å². The van der Waals surface area contributed by atoms with E-state index in [0.29, 0.717) is 17.1 Å². The number of nitrogens with one attached hydrogen (secondary N) is 1. The second-order valence-electron chi connectivity index (χ2n) is 3.64. The maximum Gasteiger partial charge on any atom is 0.410 e. The largest absolute Gasteiger partial charge is 0.506 e. The number of hydrogen-bond donors (Lipinski definition) is 3. The molecule has 8 nitrogen and oxygen atoms in total. The van der Waals surface area contributed by atoms with Gasteiger partial charge in [-0.15, -0.1) is 5.10 Å². The van der Waals surface area contributed by atoms with Gasteiger partial charge in [0.05, 0.1) is 11.4 Å². The van der Waals surface area contributed by atoms with Gasteiger partial charge in [-0.25, -0.2) is 14.5 Å². The summed E-state index contributed by atoms with van der Waals surface area (Å²) >= 11 is 0. The summed E-state index contributed by atoms with van der Waals surface area (Å²) in [6, 6.07) is 3.01. The summed E-state index contributed by atoms with van der Waals surface area (Å²) in [5.74, 6) is 0.287. The standard InChI is InChI=1S/C10H11N5O3/c1-5-7(16)4-3-6(11-5)8-9(12-10(17)18)15(2)14-13-8/h3-4,12,16H,1-2H3,(H,17,18). The van der Waals surface area contributed by atoms with E-state index in [2.05, 4.69) is 20.6 Å². The number of anilines is 1. The van der Waals surface area contributed by atoms with Crippen LogP contribution in [0.2, 0.25) is 0 Å². The van der Waals surface area contributed by atoms with Gasteiger partial charge in [-0.05, 0) is 19.1 Å². The van der Waals surface area contributed by atoms with Crippen LogP contribution in [-0.2, 0) is 7.05 Å². The van der Waals surface area contributed by atoms with Gasteiger partial charge in [-0.3, -0.25) is 5.32 Å². The van der Waals surface area contributed by atoms with Crippen molar-refractivity contribution in [2.24, 2.45) is 7.05 Å². The van der Waals surface area contributed by atoms with Crippen LogP contribution in [0.5, 0.6) is 5.75 Å². The third-order valence-electron chi connectivity index (χ3n) is 2.35. The van der Waals surface area contributed by atoms with E-state index in [1.807, 2.05) is 0 Å². The second kappa shape index (κ2) is 4.32. The fourth-order valence-corrected chi connectivity index (χ4v) is 1.46. The van der Waals surface area contributed by atoms with Crippen LogP contribution in [0.4, 0.5) is 10.6 Å². The van der Waals surface area contributed by atoms with Crippen molar-refractivity contribution in [2.75, 3.05) is 5.32 Å². The summed E-state index contributed by atoms with van der Waals surface area (Å²) in [6.07, 6.45) is -1.21. The Hall–Kier alpha value is -2.64. The molecule has 0 aliphatic heterocycles. The Morgan fingerprint density at radius 2 is 2.17 bits per heavy atom. The van der Waals surface area contributed by atoms with Crippen LogP contribution in [0.25, 0.3) is 11.4 Å². The zero-order valence-electron chi connectivity index (χ0n) is 9.75. The number of hydrogen-bond acceptors (Lipinski definition) is 5. The van der Waals surface area contributed by atoms with Gasteiger partial charge in [0.15, 0.2) is 11.5 Å². The first kappa shape index (κ1) is 11.8. The molecule has 2 aromatic heterocycles. The molecule has 2 heterocycles. The van der Waals surface area contributed by atoms with Crippen LogP contribution in [0.15, 0.2) is 12.1 Å². The van der Waals surface area contributed by atoms with E-state index in [0.717, 1.165) is 0 Å². The van der Waals surface area contributed by atoms with Crippen molar-refractivity contribution in [1.29, 1.82) is 0 Å². The molecule has 0 aliphatic rings. The van der Waals surface area contributed by atoms with Gasteiger partial charge in [-0.1, -0.05) is 5.21 Å². The summed E-state index contributed by atoms with van der Waals surface area (Å²) in [5.41, 5.74) is 1.17. The third-order valence-corrected chi connectivity index (χ3v) is 2.35. The highest BCUT2D eigenvalue weighted by Gasteiger charge is 2.16. The van der Waals surface area contributed by atoms with Crippen molar-refractivity contribution in [3.05, 3.63) is 17.8 Å². The second-order valence-corrected chi connectivity index (χ2v) is 3.64. The van der Waals surface area contributed by atoms with Crippen LogP contribution < -0.4 is 5.32 Å². The number of aryl methyl sites for hydroxylation is 2. The van der Waals surface area contributed by atoms with E-state index >= 15 is 0 Å². The predicted octanol–water partition coefficient (Wildman–Crippen LogP) is 0.981. The van der Waals surface area contributed by atoms with Gasteiger partial charge in [0.1, 0.15) is 5.75 Å². The molecule has 94 valence electrons. The number of rotatable bonds is 2. The molecular formula is C10H11N5O3. The molecule has 0 fully saturated rings. The highest BCUT2D eigenvalue weighted by atomic mass is 16.4. The Morgan fingerprint density at radius 3 is 2.78 bits per heavy atom. The monoisotopic (exact) mass is 249 g/mol. The Labute approximate surface area is 102 Å². The summed E-state index contributed by atoms with van der Waals surface area (Å²) in [4.78, 5) is 14.8. The summed E-state index contributed by atoms with van der Waals surface area (Å²) in [6.45, 7) is 1.64. The molecule has 2 rings (SSSR count). The predicted molar refractivity (Wildman–Crippen MR) is 62.3 cm³/mol. The van der Waals surface area contributed by atoms with Gasteiger partial charge in [0.25, 0.3) is 0 Å². The van der Waals surface area contributed by atoms with E-state index in [1.165, 1.54) is 10.7 Å². The van der Waals surface area contributed by atoms with Crippen LogP contribution in [0.1, 0.15) is 5.69 Å². The van der Waals surface area contributed by atoms with Crippen LogP contribution in [0, 0.1) is 6.92 Å². The number of aromatic nitrogens is 4. The number of amides is 1. The SMILES string of the molecule is Cc1nc(-c2nnn(C)c2NC(=O)O)ccc1O. The topological polar surface area (TPSA) is 113 Å². The molecule has 0 radical (unpaired) electrons. The first-order valence-corrected chi connectivity index (χ1v) is 5.05. The minimum Gasteiger partial charge on any atom is -0.506 e. The highest BCUT2D eigenvalue weighted by molar-refractivity contribution is 5.86. The zero-order valence-corrected chi connectivity index (χ0v) is 9.75.